The number of amides is 2. The van der Waals surface area contributed by atoms with E-state index < -0.39 is 18.4 Å². The Morgan fingerprint density at radius 1 is 1.11 bits per heavy atom. The first-order valence-electron chi connectivity index (χ1n) is 6.01. The van der Waals surface area contributed by atoms with Crippen LogP contribution in [0.1, 0.15) is 12.8 Å². The van der Waals surface area contributed by atoms with Gasteiger partial charge in [0.2, 0.25) is 11.8 Å². The van der Waals surface area contributed by atoms with Gasteiger partial charge in [-0.1, -0.05) is 12.2 Å². The number of carboxylic acid groups (broad SMARTS) is 1. The normalized spacial score (nSPS) is 28.1. The zero-order valence-corrected chi connectivity index (χ0v) is 9.89. The highest BCUT2D eigenvalue weighted by atomic mass is 16.4. The van der Waals surface area contributed by atoms with E-state index in [1.165, 1.54) is 0 Å². The molecule has 2 aliphatic rings. The molecule has 1 fully saturated rings. The van der Waals surface area contributed by atoms with Crippen molar-refractivity contribution in [2.24, 2.45) is 17.8 Å². The highest BCUT2D eigenvalue weighted by Gasteiger charge is 2.39. The number of carbonyl (C=O) groups is 3. The van der Waals surface area contributed by atoms with Gasteiger partial charge in [-0.15, -0.1) is 0 Å². The first kappa shape index (κ1) is 12.6. The van der Waals surface area contributed by atoms with Crippen LogP contribution in [-0.2, 0) is 14.4 Å². The monoisotopic (exact) mass is 252 g/mol. The molecular weight excluding hydrogens is 236 g/mol. The predicted molar refractivity (Wildman–Crippen MR) is 62.5 cm³/mol. The van der Waals surface area contributed by atoms with Gasteiger partial charge in [0.05, 0.1) is 6.54 Å². The molecule has 2 rings (SSSR count). The molecule has 18 heavy (non-hydrogen) atoms. The van der Waals surface area contributed by atoms with Crippen molar-refractivity contribution in [3.63, 3.8) is 0 Å². The van der Waals surface area contributed by atoms with E-state index in [0.29, 0.717) is 11.8 Å². The lowest BCUT2D eigenvalue weighted by atomic mass is 9.93. The van der Waals surface area contributed by atoms with Gasteiger partial charge in [-0.25, -0.2) is 0 Å². The average Bonchev–Trinajstić information content (AvgIpc) is 2.95. The largest absolute Gasteiger partial charge is 0.480 e. The van der Waals surface area contributed by atoms with Crippen molar-refractivity contribution in [1.29, 1.82) is 0 Å². The Balaban J connectivity index is 1.70. The Hall–Kier alpha value is -1.85. The fourth-order valence-electron chi connectivity index (χ4n) is 2.62. The molecule has 0 aliphatic heterocycles. The minimum absolute atomic E-state index is 0.0349. The summed E-state index contributed by atoms with van der Waals surface area (Å²) in [5, 5.41) is 13.1. The molecule has 2 amide bonds. The maximum Gasteiger partial charge on any atom is 0.322 e. The predicted octanol–water partition coefficient (Wildman–Crippen LogP) is -0.484. The van der Waals surface area contributed by atoms with Crippen molar-refractivity contribution >= 4 is 17.8 Å². The molecule has 0 heterocycles. The van der Waals surface area contributed by atoms with Crippen molar-refractivity contribution < 1.29 is 19.5 Å². The third kappa shape index (κ3) is 2.88. The molecule has 98 valence electrons. The van der Waals surface area contributed by atoms with Crippen LogP contribution in [0.5, 0.6) is 0 Å². The lowest BCUT2D eigenvalue weighted by Crippen LogP contribution is -2.41. The van der Waals surface area contributed by atoms with Gasteiger partial charge in [-0.2, -0.15) is 0 Å². The van der Waals surface area contributed by atoms with Crippen LogP contribution in [0.3, 0.4) is 0 Å². The molecule has 3 atom stereocenters. The number of hydrogen-bond donors (Lipinski definition) is 3. The van der Waals surface area contributed by atoms with Crippen molar-refractivity contribution in [3.8, 4) is 0 Å². The number of aliphatic carboxylic acids is 1. The van der Waals surface area contributed by atoms with Crippen molar-refractivity contribution in [2.75, 3.05) is 13.1 Å². The lowest BCUT2D eigenvalue weighted by Gasteiger charge is -2.17. The molecule has 0 saturated heterocycles. The fraction of sp³-hybridized carbons (Fsp3) is 0.583. The minimum Gasteiger partial charge on any atom is -0.480 e. The van der Waals surface area contributed by atoms with Gasteiger partial charge in [0.15, 0.2) is 0 Å². The average molecular weight is 252 g/mol. The van der Waals surface area contributed by atoms with Crippen LogP contribution in [0.2, 0.25) is 0 Å². The van der Waals surface area contributed by atoms with Crippen molar-refractivity contribution in [2.45, 2.75) is 12.8 Å². The number of carbonyl (C=O) groups excluding carboxylic acids is 2. The van der Waals surface area contributed by atoms with E-state index in [9.17, 15) is 14.4 Å². The number of nitrogens with one attached hydrogen (secondary N) is 2. The van der Waals surface area contributed by atoms with E-state index in [2.05, 4.69) is 22.8 Å². The van der Waals surface area contributed by atoms with Gasteiger partial charge >= 0.3 is 5.97 Å². The Morgan fingerprint density at radius 3 is 2.44 bits per heavy atom. The number of hydrogen-bond acceptors (Lipinski definition) is 3. The second kappa shape index (κ2) is 5.20. The Labute approximate surface area is 104 Å². The summed E-state index contributed by atoms with van der Waals surface area (Å²) in [5.74, 6) is -0.925. The summed E-state index contributed by atoms with van der Waals surface area (Å²) in [6.07, 6.45) is 6.10. The molecule has 0 radical (unpaired) electrons. The van der Waals surface area contributed by atoms with Gasteiger partial charge in [-0.3, -0.25) is 14.4 Å². The van der Waals surface area contributed by atoms with Crippen LogP contribution in [0.25, 0.3) is 0 Å². The zero-order valence-electron chi connectivity index (χ0n) is 9.89. The standard InChI is InChI=1S/C12H16N2O4/c15-10(13-6-11(16)17)5-14-12(18)9-4-7-1-2-8(9)3-7/h1-2,7-9H,3-6H2,(H,13,15)(H,14,18)(H,16,17). The summed E-state index contributed by atoms with van der Waals surface area (Å²) in [7, 11) is 0. The van der Waals surface area contributed by atoms with Crippen LogP contribution < -0.4 is 10.6 Å². The molecular formula is C12H16N2O4. The van der Waals surface area contributed by atoms with Crippen molar-refractivity contribution in [1.82, 2.24) is 10.6 Å². The summed E-state index contributed by atoms with van der Waals surface area (Å²) in [6, 6.07) is 0. The second-order valence-corrected chi connectivity index (χ2v) is 4.78. The number of fused-ring (bicyclic) bond motifs is 2. The van der Waals surface area contributed by atoms with Gasteiger partial charge in [0.1, 0.15) is 6.54 Å². The Morgan fingerprint density at radius 2 is 1.89 bits per heavy atom. The molecule has 0 aromatic rings. The summed E-state index contributed by atoms with van der Waals surface area (Å²) >= 11 is 0. The van der Waals surface area contributed by atoms with E-state index in [1.54, 1.807) is 0 Å². The molecule has 2 bridgehead atoms. The van der Waals surface area contributed by atoms with Gasteiger partial charge in [0.25, 0.3) is 0 Å². The van der Waals surface area contributed by atoms with Crippen LogP contribution in [0.15, 0.2) is 12.2 Å². The van der Waals surface area contributed by atoms with E-state index in [0.717, 1.165) is 12.8 Å². The third-order valence-electron chi connectivity index (χ3n) is 3.48. The van der Waals surface area contributed by atoms with Gasteiger partial charge in [-0.05, 0) is 24.7 Å². The highest BCUT2D eigenvalue weighted by Crippen LogP contribution is 2.43. The molecule has 0 aromatic heterocycles. The number of rotatable bonds is 5. The van der Waals surface area contributed by atoms with E-state index >= 15 is 0 Å². The molecule has 6 heteroatoms. The van der Waals surface area contributed by atoms with Crippen LogP contribution in [-0.4, -0.2) is 36.0 Å². The van der Waals surface area contributed by atoms with E-state index in [-0.39, 0.29) is 18.4 Å². The zero-order chi connectivity index (χ0) is 13.1. The molecule has 3 unspecified atom stereocenters. The maximum absolute atomic E-state index is 11.8. The molecule has 0 aromatic carbocycles. The van der Waals surface area contributed by atoms with Crippen molar-refractivity contribution in [3.05, 3.63) is 12.2 Å². The minimum atomic E-state index is -1.10. The second-order valence-electron chi connectivity index (χ2n) is 4.78. The summed E-state index contributed by atoms with van der Waals surface area (Å²) in [4.78, 5) is 33.3. The molecule has 2 aliphatic carbocycles. The topological polar surface area (TPSA) is 95.5 Å². The molecule has 3 N–H and O–H groups in total. The van der Waals surface area contributed by atoms with Gasteiger partial charge in [0, 0.05) is 5.92 Å². The lowest BCUT2D eigenvalue weighted by molar-refractivity contribution is -0.137. The first-order valence-corrected chi connectivity index (χ1v) is 6.01. The SMILES string of the molecule is O=C(O)CNC(=O)CNC(=O)C1CC2C=CC1C2. The van der Waals surface area contributed by atoms with E-state index in [1.807, 2.05) is 0 Å². The number of carboxylic acids is 1. The molecule has 6 nitrogen and oxygen atoms in total. The molecule has 0 spiro atoms. The van der Waals surface area contributed by atoms with Crippen LogP contribution in [0, 0.1) is 17.8 Å². The van der Waals surface area contributed by atoms with E-state index in [4.69, 9.17) is 5.11 Å². The maximum atomic E-state index is 11.8. The number of allylic oxidation sites excluding steroid dienone is 2. The fourth-order valence-corrected chi connectivity index (χ4v) is 2.62. The summed E-state index contributed by atoms with van der Waals surface area (Å²) < 4.78 is 0. The Bertz CT molecular complexity index is 405. The highest BCUT2D eigenvalue weighted by molar-refractivity contribution is 5.87. The molecule has 1 saturated carbocycles. The first-order chi connectivity index (χ1) is 8.56. The smallest absolute Gasteiger partial charge is 0.322 e. The quantitative estimate of drug-likeness (QED) is 0.576. The van der Waals surface area contributed by atoms with Gasteiger partial charge < -0.3 is 15.7 Å². The van der Waals surface area contributed by atoms with Crippen LogP contribution >= 0.6 is 0 Å². The van der Waals surface area contributed by atoms with Crippen LogP contribution in [0.4, 0.5) is 0 Å². The summed E-state index contributed by atoms with van der Waals surface area (Å²) in [5.41, 5.74) is 0. The third-order valence-corrected chi connectivity index (χ3v) is 3.48. The summed E-state index contributed by atoms with van der Waals surface area (Å²) in [6.45, 7) is -0.588. The Kier molecular flexibility index (Phi) is 3.64.